The molecule has 0 aliphatic heterocycles. The predicted octanol–water partition coefficient (Wildman–Crippen LogP) is 3.21. The standard InChI is InChI=1S/C26H26N4O4/c1-33-24(31)23(14-16-10-12-17(13-11-16)29-25(27)28)30-26(32)34-15-22-20-8-4-2-6-18(20)19-7-3-5-9-21(19)22/h2-13,22-23H,14-15H2,1H3,(H,30,32)(H4,27,28,29)/t23-/m0/s1. The van der Waals surface area contributed by atoms with Crippen LogP contribution in [0.15, 0.2) is 77.8 Å². The first kappa shape index (κ1) is 22.8. The molecule has 1 amide bonds. The van der Waals surface area contributed by atoms with Gasteiger partial charge >= 0.3 is 12.1 Å². The number of esters is 1. The second-order valence-electron chi connectivity index (χ2n) is 7.95. The SMILES string of the molecule is COC(=O)[C@H](Cc1ccc(N=C(N)N)cc1)NC(=O)OCC1c2ccccc2-c2ccccc21. The molecule has 3 aromatic carbocycles. The molecule has 0 saturated carbocycles. The summed E-state index contributed by atoms with van der Waals surface area (Å²) >= 11 is 0. The number of guanidine groups is 1. The Hall–Kier alpha value is -4.33. The number of fused-ring (bicyclic) bond motifs is 3. The summed E-state index contributed by atoms with van der Waals surface area (Å²) in [6.07, 6.45) is -0.465. The molecule has 0 saturated heterocycles. The van der Waals surface area contributed by atoms with Gasteiger partial charge < -0.3 is 26.3 Å². The van der Waals surface area contributed by atoms with E-state index in [0.29, 0.717) is 5.69 Å². The molecule has 1 aliphatic carbocycles. The van der Waals surface area contributed by atoms with Crippen molar-refractivity contribution in [2.24, 2.45) is 16.5 Å². The maximum atomic E-state index is 12.6. The van der Waals surface area contributed by atoms with E-state index in [0.717, 1.165) is 27.8 Å². The van der Waals surface area contributed by atoms with E-state index in [4.69, 9.17) is 20.9 Å². The Labute approximate surface area is 197 Å². The Balaban J connectivity index is 1.42. The van der Waals surface area contributed by atoms with Crippen LogP contribution >= 0.6 is 0 Å². The summed E-state index contributed by atoms with van der Waals surface area (Å²) in [6.45, 7) is 0.154. The van der Waals surface area contributed by atoms with Crippen LogP contribution in [0.4, 0.5) is 10.5 Å². The zero-order chi connectivity index (χ0) is 24.1. The Morgan fingerprint density at radius 2 is 1.53 bits per heavy atom. The molecule has 4 rings (SSSR count). The first-order chi connectivity index (χ1) is 16.5. The van der Waals surface area contributed by atoms with Crippen molar-refractivity contribution in [1.82, 2.24) is 5.32 Å². The third kappa shape index (κ3) is 5.01. The Bertz CT molecular complexity index is 1170. The molecule has 0 unspecified atom stereocenters. The van der Waals surface area contributed by atoms with E-state index in [1.807, 2.05) is 36.4 Å². The minimum atomic E-state index is -0.908. The molecular weight excluding hydrogens is 432 g/mol. The molecule has 3 aromatic rings. The van der Waals surface area contributed by atoms with Crippen LogP contribution in [-0.4, -0.2) is 37.8 Å². The summed E-state index contributed by atoms with van der Waals surface area (Å²) in [6, 6.07) is 22.3. The molecule has 174 valence electrons. The van der Waals surface area contributed by atoms with Crippen molar-refractivity contribution in [3.63, 3.8) is 0 Å². The first-order valence-electron chi connectivity index (χ1n) is 10.8. The fraction of sp³-hybridized carbons (Fsp3) is 0.192. The summed E-state index contributed by atoms with van der Waals surface area (Å²) in [5.41, 5.74) is 16.7. The van der Waals surface area contributed by atoms with Crippen molar-refractivity contribution in [1.29, 1.82) is 0 Å². The highest BCUT2D eigenvalue weighted by Crippen LogP contribution is 2.44. The highest BCUT2D eigenvalue weighted by molar-refractivity contribution is 5.82. The highest BCUT2D eigenvalue weighted by atomic mass is 16.6. The summed E-state index contributed by atoms with van der Waals surface area (Å²) in [7, 11) is 1.27. The van der Waals surface area contributed by atoms with E-state index in [2.05, 4.69) is 22.4 Å². The molecule has 1 atom stereocenters. The molecule has 0 bridgehead atoms. The minimum Gasteiger partial charge on any atom is -0.467 e. The van der Waals surface area contributed by atoms with Crippen LogP contribution < -0.4 is 16.8 Å². The number of ether oxygens (including phenoxy) is 2. The topological polar surface area (TPSA) is 129 Å². The van der Waals surface area contributed by atoms with Crippen LogP contribution in [0.1, 0.15) is 22.6 Å². The molecule has 1 aliphatic rings. The number of carbonyl (C=O) groups is 2. The second-order valence-corrected chi connectivity index (χ2v) is 7.95. The number of alkyl carbamates (subject to hydrolysis) is 1. The summed E-state index contributed by atoms with van der Waals surface area (Å²) in [5.74, 6) is -0.684. The van der Waals surface area contributed by atoms with E-state index >= 15 is 0 Å². The maximum Gasteiger partial charge on any atom is 0.407 e. The Morgan fingerprint density at radius 1 is 0.941 bits per heavy atom. The van der Waals surface area contributed by atoms with Crippen LogP contribution in [0.3, 0.4) is 0 Å². The van der Waals surface area contributed by atoms with Gasteiger partial charge in [0, 0.05) is 12.3 Å². The number of nitrogens with one attached hydrogen (secondary N) is 1. The fourth-order valence-corrected chi connectivity index (χ4v) is 4.21. The molecule has 0 radical (unpaired) electrons. The number of amides is 1. The van der Waals surface area contributed by atoms with Gasteiger partial charge in [-0.2, -0.15) is 0 Å². The Kier molecular flexibility index (Phi) is 6.77. The first-order valence-corrected chi connectivity index (χ1v) is 10.8. The van der Waals surface area contributed by atoms with Gasteiger partial charge in [-0.15, -0.1) is 0 Å². The van der Waals surface area contributed by atoms with Crippen LogP contribution in [0.25, 0.3) is 11.1 Å². The van der Waals surface area contributed by atoms with E-state index in [9.17, 15) is 9.59 Å². The van der Waals surface area contributed by atoms with E-state index in [1.54, 1.807) is 24.3 Å². The zero-order valence-corrected chi connectivity index (χ0v) is 18.7. The molecule has 8 nitrogen and oxygen atoms in total. The van der Waals surface area contributed by atoms with Gasteiger partial charge in [-0.25, -0.2) is 14.6 Å². The predicted molar refractivity (Wildman–Crippen MR) is 130 cm³/mol. The molecule has 0 heterocycles. The van der Waals surface area contributed by atoms with Crippen LogP contribution in [0.5, 0.6) is 0 Å². The molecule has 0 fully saturated rings. The van der Waals surface area contributed by atoms with Gasteiger partial charge in [0.2, 0.25) is 0 Å². The minimum absolute atomic E-state index is 0.0443. The average Bonchev–Trinajstić information content (AvgIpc) is 3.16. The van der Waals surface area contributed by atoms with Gasteiger partial charge in [0.1, 0.15) is 12.6 Å². The molecule has 8 heteroatoms. The smallest absolute Gasteiger partial charge is 0.407 e. The molecular formula is C26H26N4O4. The van der Waals surface area contributed by atoms with Gasteiger partial charge in [0.05, 0.1) is 12.8 Å². The largest absolute Gasteiger partial charge is 0.467 e. The molecule has 0 aromatic heterocycles. The van der Waals surface area contributed by atoms with Crippen molar-refractivity contribution in [2.75, 3.05) is 13.7 Å². The van der Waals surface area contributed by atoms with Gasteiger partial charge in [-0.1, -0.05) is 60.7 Å². The van der Waals surface area contributed by atoms with Gasteiger partial charge in [-0.05, 0) is 39.9 Å². The molecule has 5 N–H and O–H groups in total. The van der Waals surface area contributed by atoms with Crippen molar-refractivity contribution >= 4 is 23.7 Å². The van der Waals surface area contributed by atoms with E-state index in [-0.39, 0.29) is 24.9 Å². The Morgan fingerprint density at radius 3 is 2.09 bits per heavy atom. The third-order valence-electron chi connectivity index (χ3n) is 5.76. The summed E-state index contributed by atoms with van der Waals surface area (Å²) in [5, 5.41) is 2.63. The number of nitrogens with zero attached hydrogens (tertiary/aromatic N) is 1. The van der Waals surface area contributed by atoms with Crippen molar-refractivity contribution < 1.29 is 19.1 Å². The summed E-state index contributed by atoms with van der Waals surface area (Å²) in [4.78, 5) is 28.9. The lowest BCUT2D eigenvalue weighted by atomic mass is 9.98. The van der Waals surface area contributed by atoms with Gasteiger partial charge in [0.25, 0.3) is 0 Å². The van der Waals surface area contributed by atoms with Crippen LogP contribution in [0, 0.1) is 0 Å². The van der Waals surface area contributed by atoms with Gasteiger partial charge in [0.15, 0.2) is 5.96 Å². The second kappa shape index (κ2) is 10.1. The fourth-order valence-electron chi connectivity index (χ4n) is 4.21. The van der Waals surface area contributed by atoms with Crippen molar-refractivity contribution in [3.8, 4) is 11.1 Å². The van der Waals surface area contributed by atoms with Crippen LogP contribution in [-0.2, 0) is 20.7 Å². The van der Waals surface area contributed by atoms with Gasteiger partial charge in [-0.3, -0.25) is 0 Å². The highest BCUT2D eigenvalue weighted by Gasteiger charge is 2.30. The van der Waals surface area contributed by atoms with Crippen LogP contribution in [0.2, 0.25) is 0 Å². The zero-order valence-electron chi connectivity index (χ0n) is 18.7. The maximum absolute atomic E-state index is 12.6. The average molecular weight is 459 g/mol. The van der Waals surface area contributed by atoms with E-state index < -0.39 is 18.1 Å². The molecule has 0 spiro atoms. The number of rotatable bonds is 7. The number of carbonyl (C=O) groups excluding carboxylic acids is 2. The lowest BCUT2D eigenvalue weighted by Crippen LogP contribution is -2.43. The monoisotopic (exact) mass is 458 g/mol. The van der Waals surface area contributed by atoms with Crippen molar-refractivity contribution in [2.45, 2.75) is 18.4 Å². The van der Waals surface area contributed by atoms with E-state index in [1.165, 1.54) is 7.11 Å². The summed E-state index contributed by atoms with van der Waals surface area (Å²) < 4.78 is 10.4. The number of methoxy groups -OCH3 is 1. The molecule has 34 heavy (non-hydrogen) atoms. The number of aliphatic imine (C=N–C) groups is 1. The van der Waals surface area contributed by atoms with Crippen molar-refractivity contribution in [3.05, 3.63) is 89.5 Å². The number of benzene rings is 3. The normalized spacial score (nSPS) is 12.7. The number of hydrogen-bond donors (Lipinski definition) is 3. The third-order valence-corrected chi connectivity index (χ3v) is 5.76. The quantitative estimate of drug-likeness (QED) is 0.283. The number of nitrogens with two attached hydrogens (primary N) is 2. The number of hydrogen-bond acceptors (Lipinski definition) is 5. The lowest BCUT2D eigenvalue weighted by Gasteiger charge is -2.18. The lowest BCUT2D eigenvalue weighted by molar-refractivity contribution is -0.143.